The van der Waals surface area contributed by atoms with E-state index in [1.54, 1.807) is 24.3 Å². The van der Waals surface area contributed by atoms with Gasteiger partial charge in [0.05, 0.1) is 18.2 Å². The highest BCUT2D eigenvalue weighted by Gasteiger charge is 2.19. The molecule has 0 atom stereocenters. The summed E-state index contributed by atoms with van der Waals surface area (Å²) >= 11 is 3.29. The third-order valence-corrected chi connectivity index (χ3v) is 5.22. The maximum absolute atomic E-state index is 12.2. The predicted molar refractivity (Wildman–Crippen MR) is 91.0 cm³/mol. The van der Waals surface area contributed by atoms with Crippen LogP contribution in [0.15, 0.2) is 38.6 Å². The first kappa shape index (κ1) is 17.2. The van der Waals surface area contributed by atoms with Gasteiger partial charge < -0.3 is 5.32 Å². The number of rotatable bonds is 6. The first-order chi connectivity index (χ1) is 10.5. The molecule has 8 heteroatoms. The number of unbranched alkanes of at least 4 members (excludes halogenated alkanes) is 2. The van der Waals surface area contributed by atoms with Gasteiger partial charge in [-0.1, -0.05) is 35.7 Å². The van der Waals surface area contributed by atoms with Gasteiger partial charge in [-0.05, 0) is 30.7 Å². The molecule has 0 spiro atoms. The van der Waals surface area contributed by atoms with Crippen molar-refractivity contribution in [1.82, 2.24) is 14.9 Å². The number of hydrogen-bond acceptors (Lipinski definition) is 5. The van der Waals surface area contributed by atoms with Crippen LogP contribution in [-0.4, -0.2) is 39.2 Å². The molecule has 122 valence electrons. The predicted octanol–water partition coefficient (Wildman–Crippen LogP) is 2.09. The molecular formula is C14H21BrN4O2S. The molecule has 2 rings (SSSR count). The van der Waals surface area contributed by atoms with E-state index in [1.807, 2.05) is 0 Å². The molecule has 6 nitrogen and oxygen atoms in total. The first-order valence-electron chi connectivity index (χ1n) is 7.30. The summed E-state index contributed by atoms with van der Waals surface area (Å²) in [6.45, 7) is 4.25. The van der Waals surface area contributed by atoms with Crippen LogP contribution in [0.25, 0.3) is 0 Å². The van der Waals surface area contributed by atoms with E-state index in [1.165, 1.54) is 12.8 Å². The Labute approximate surface area is 140 Å². The van der Waals surface area contributed by atoms with Gasteiger partial charge in [-0.3, -0.25) is 4.90 Å². The second-order valence-corrected chi connectivity index (χ2v) is 7.74. The highest BCUT2D eigenvalue weighted by atomic mass is 79.9. The smallest absolute Gasteiger partial charge is 0.264 e. The fourth-order valence-electron chi connectivity index (χ4n) is 2.07. The molecule has 0 radical (unpaired) electrons. The van der Waals surface area contributed by atoms with Crippen LogP contribution in [0.1, 0.15) is 26.2 Å². The molecule has 1 heterocycles. The van der Waals surface area contributed by atoms with Crippen LogP contribution in [0.4, 0.5) is 0 Å². The van der Waals surface area contributed by atoms with Gasteiger partial charge in [-0.25, -0.2) is 18.1 Å². The molecule has 0 bridgehead atoms. The number of aliphatic imine (C=N–C) groups is 1. The lowest BCUT2D eigenvalue weighted by Gasteiger charge is -2.26. The Balaban J connectivity index is 1.92. The lowest BCUT2D eigenvalue weighted by atomic mass is 10.2. The summed E-state index contributed by atoms with van der Waals surface area (Å²) in [5.41, 5.74) is 0. The standard InChI is InChI=1S/C14H21BrN4O2S/c1-2-3-4-9-19-10-16-14(17-11-19)18-22(20,21)13-7-5-12(15)6-8-13/h5-8H,2-4,9-11H2,1H3,(H2,16,17,18). The summed E-state index contributed by atoms with van der Waals surface area (Å²) < 4.78 is 27.8. The summed E-state index contributed by atoms with van der Waals surface area (Å²) in [6.07, 6.45) is 3.51. The van der Waals surface area contributed by atoms with Crippen LogP contribution in [0.5, 0.6) is 0 Å². The van der Waals surface area contributed by atoms with E-state index in [0.29, 0.717) is 19.3 Å². The largest absolute Gasteiger partial charge is 0.343 e. The van der Waals surface area contributed by atoms with Gasteiger partial charge in [0, 0.05) is 11.0 Å². The fourth-order valence-corrected chi connectivity index (χ4v) is 3.33. The second kappa shape index (κ2) is 7.94. The van der Waals surface area contributed by atoms with E-state index >= 15 is 0 Å². The van der Waals surface area contributed by atoms with E-state index in [-0.39, 0.29) is 4.90 Å². The van der Waals surface area contributed by atoms with Gasteiger partial charge in [0.1, 0.15) is 0 Å². The SMILES string of the molecule is CCCCCN1CN=C(NS(=O)(=O)c2ccc(Br)cc2)NC1. The van der Waals surface area contributed by atoms with E-state index in [4.69, 9.17) is 0 Å². The van der Waals surface area contributed by atoms with Gasteiger partial charge in [0.2, 0.25) is 5.96 Å². The highest BCUT2D eigenvalue weighted by Crippen LogP contribution is 2.14. The number of guanidine groups is 1. The lowest BCUT2D eigenvalue weighted by molar-refractivity contribution is 0.258. The quantitative estimate of drug-likeness (QED) is 0.731. The zero-order valence-corrected chi connectivity index (χ0v) is 15.0. The minimum Gasteiger partial charge on any atom is -0.343 e. The zero-order chi connectivity index (χ0) is 16.0. The number of nitrogens with zero attached hydrogens (tertiary/aromatic N) is 2. The monoisotopic (exact) mass is 388 g/mol. The van der Waals surface area contributed by atoms with Crippen molar-refractivity contribution in [3.05, 3.63) is 28.7 Å². The molecule has 0 amide bonds. The Morgan fingerprint density at radius 1 is 1.32 bits per heavy atom. The Hall–Kier alpha value is -1.12. The number of benzene rings is 1. The maximum Gasteiger partial charge on any atom is 0.264 e. The molecule has 0 aromatic heterocycles. The minimum absolute atomic E-state index is 0.213. The molecule has 1 aromatic rings. The molecule has 1 aliphatic rings. The molecule has 0 aliphatic carbocycles. The zero-order valence-electron chi connectivity index (χ0n) is 12.5. The normalized spacial score (nSPS) is 16.0. The number of halogens is 1. The topological polar surface area (TPSA) is 73.8 Å². The van der Waals surface area contributed by atoms with Crippen LogP contribution in [-0.2, 0) is 10.0 Å². The Bertz CT molecular complexity index is 616. The van der Waals surface area contributed by atoms with Gasteiger partial charge in [-0.2, -0.15) is 0 Å². The Morgan fingerprint density at radius 2 is 2.05 bits per heavy atom. The van der Waals surface area contributed by atoms with Crippen molar-refractivity contribution >= 4 is 31.9 Å². The molecule has 2 N–H and O–H groups in total. The first-order valence-corrected chi connectivity index (χ1v) is 9.58. The average molecular weight is 389 g/mol. The maximum atomic E-state index is 12.2. The van der Waals surface area contributed by atoms with Crippen LogP contribution < -0.4 is 10.0 Å². The molecular weight excluding hydrogens is 368 g/mol. The van der Waals surface area contributed by atoms with Crippen molar-refractivity contribution in [2.75, 3.05) is 19.9 Å². The van der Waals surface area contributed by atoms with Crippen molar-refractivity contribution in [3.63, 3.8) is 0 Å². The van der Waals surface area contributed by atoms with Crippen molar-refractivity contribution in [1.29, 1.82) is 0 Å². The molecule has 0 fully saturated rings. The third-order valence-electron chi connectivity index (χ3n) is 3.33. The molecule has 22 heavy (non-hydrogen) atoms. The Kier molecular flexibility index (Phi) is 6.22. The van der Waals surface area contributed by atoms with Gasteiger partial charge in [0.15, 0.2) is 0 Å². The van der Waals surface area contributed by atoms with E-state index < -0.39 is 10.0 Å². The third kappa shape index (κ3) is 4.96. The molecule has 0 unspecified atom stereocenters. The number of hydrogen-bond donors (Lipinski definition) is 2. The van der Waals surface area contributed by atoms with E-state index in [2.05, 4.69) is 42.8 Å². The van der Waals surface area contributed by atoms with Crippen molar-refractivity contribution < 1.29 is 8.42 Å². The van der Waals surface area contributed by atoms with Gasteiger partial charge in [0.25, 0.3) is 10.0 Å². The van der Waals surface area contributed by atoms with Crippen molar-refractivity contribution in [2.45, 2.75) is 31.1 Å². The average Bonchev–Trinajstić information content (AvgIpc) is 2.49. The molecule has 0 saturated heterocycles. The number of nitrogens with one attached hydrogen (secondary N) is 2. The summed E-state index contributed by atoms with van der Waals surface area (Å²) in [5, 5.41) is 3.01. The van der Waals surface area contributed by atoms with E-state index in [9.17, 15) is 8.42 Å². The molecule has 1 aromatic carbocycles. The molecule has 1 aliphatic heterocycles. The van der Waals surface area contributed by atoms with Gasteiger partial charge in [-0.15, -0.1) is 0 Å². The Morgan fingerprint density at radius 3 is 2.64 bits per heavy atom. The summed E-state index contributed by atoms with van der Waals surface area (Å²) in [7, 11) is -3.60. The highest BCUT2D eigenvalue weighted by molar-refractivity contribution is 9.10. The van der Waals surface area contributed by atoms with Crippen LogP contribution >= 0.6 is 15.9 Å². The summed E-state index contributed by atoms with van der Waals surface area (Å²) in [5.74, 6) is 0.301. The van der Waals surface area contributed by atoms with Crippen LogP contribution in [0, 0.1) is 0 Å². The molecule has 0 saturated carbocycles. The van der Waals surface area contributed by atoms with Crippen LogP contribution in [0.3, 0.4) is 0 Å². The fraction of sp³-hybridized carbons (Fsp3) is 0.500. The summed E-state index contributed by atoms with van der Waals surface area (Å²) in [4.78, 5) is 6.61. The minimum atomic E-state index is -3.60. The second-order valence-electron chi connectivity index (χ2n) is 5.14. The summed E-state index contributed by atoms with van der Waals surface area (Å²) in [6, 6.07) is 6.49. The van der Waals surface area contributed by atoms with Crippen molar-refractivity contribution in [2.24, 2.45) is 4.99 Å². The number of sulfonamides is 1. The van der Waals surface area contributed by atoms with Crippen molar-refractivity contribution in [3.8, 4) is 0 Å². The lowest BCUT2D eigenvalue weighted by Crippen LogP contribution is -2.50. The van der Waals surface area contributed by atoms with E-state index in [0.717, 1.165) is 17.4 Å². The van der Waals surface area contributed by atoms with Gasteiger partial charge >= 0.3 is 0 Å². The van der Waals surface area contributed by atoms with Crippen LogP contribution in [0.2, 0.25) is 0 Å².